The first kappa shape index (κ1) is 6.22. The molecule has 1 aliphatic heterocycles. The highest BCUT2D eigenvalue weighted by Gasteiger charge is 2.12. The lowest BCUT2D eigenvalue weighted by molar-refractivity contribution is 0.248. The third kappa shape index (κ3) is 1.26. The molecule has 4 heteroatoms. The molecule has 1 unspecified atom stereocenters. The second kappa shape index (κ2) is 2.59. The van der Waals surface area contributed by atoms with Gasteiger partial charge in [0.05, 0.1) is 0 Å². The fraction of sp³-hybridized carbons (Fsp3) is 0.600. The Morgan fingerprint density at radius 3 is 3.11 bits per heavy atom. The van der Waals surface area contributed by atoms with E-state index in [0.29, 0.717) is 0 Å². The lowest BCUT2D eigenvalue weighted by Gasteiger charge is -2.11. The van der Waals surface area contributed by atoms with Crippen molar-refractivity contribution in [1.82, 2.24) is 10.4 Å². The Morgan fingerprint density at radius 1 is 1.89 bits per heavy atom. The summed E-state index contributed by atoms with van der Waals surface area (Å²) in [5.41, 5.74) is 2.88. The standard InChI is InChI=1S/C5H10N4/c1-3-6-5-7-4-8-9(5)2/h3-5H,1-2H3,(H,7,8)/b6-3+. The van der Waals surface area contributed by atoms with E-state index in [4.69, 9.17) is 0 Å². The largest absolute Gasteiger partial charge is 0.306 e. The van der Waals surface area contributed by atoms with Gasteiger partial charge < -0.3 is 5.43 Å². The molecule has 1 heterocycles. The fourth-order valence-electron chi connectivity index (χ4n) is 0.630. The molecule has 1 aliphatic rings. The second-order valence-corrected chi connectivity index (χ2v) is 1.77. The van der Waals surface area contributed by atoms with Gasteiger partial charge in [-0.05, 0) is 13.1 Å². The van der Waals surface area contributed by atoms with Crippen LogP contribution in [0.3, 0.4) is 0 Å². The van der Waals surface area contributed by atoms with E-state index in [2.05, 4.69) is 15.4 Å². The molecule has 0 radical (unpaired) electrons. The summed E-state index contributed by atoms with van der Waals surface area (Å²) in [7, 11) is 1.89. The highest BCUT2D eigenvalue weighted by Crippen LogP contribution is 1.98. The molecule has 0 spiro atoms. The Hall–Kier alpha value is -0.900. The van der Waals surface area contributed by atoms with E-state index in [-0.39, 0.29) is 6.29 Å². The van der Waals surface area contributed by atoms with Crippen LogP contribution in [0.25, 0.3) is 0 Å². The van der Waals surface area contributed by atoms with E-state index in [0.717, 1.165) is 0 Å². The number of hydrazine groups is 1. The maximum Gasteiger partial charge on any atom is 0.213 e. The van der Waals surface area contributed by atoms with E-state index < -0.39 is 0 Å². The van der Waals surface area contributed by atoms with Crippen LogP contribution in [0.5, 0.6) is 0 Å². The third-order valence-corrected chi connectivity index (χ3v) is 1.10. The quantitative estimate of drug-likeness (QED) is 0.496. The number of hydrogen-bond donors (Lipinski definition) is 1. The van der Waals surface area contributed by atoms with Gasteiger partial charge in [-0.15, -0.1) is 0 Å². The Kier molecular flexibility index (Phi) is 1.79. The SMILES string of the molecule is C/C=N/C1N=CNN1C. The van der Waals surface area contributed by atoms with E-state index >= 15 is 0 Å². The molecule has 0 aromatic rings. The molecule has 9 heavy (non-hydrogen) atoms. The normalized spacial score (nSPS) is 27.6. The molecular weight excluding hydrogens is 116 g/mol. The molecule has 0 aromatic heterocycles. The molecule has 0 aliphatic carbocycles. The van der Waals surface area contributed by atoms with Crippen LogP contribution in [0.4, 0.5) is 0 Å². The molecule has 1 atom stereocenters. The summed E-state index contributed by atoms with van der Waals surface area (Å²) in [6.07, 6.45) is 3.32. The topological polar surface area (TPSA) is 40.0 Å². The number of nitrogens with one attached hydrogen (secondary N) is 1. The van der Waals surface area contributed by atoms with Gasteiger partial charge in [0.25, 0.3) is 0 Å². The van der Waals surface area contributed by atoms with E-state index in [9.17, 15) is 0 Å². The Morgan fingerprint density at radius 2 is 2.67 bits per heavy atom. The molecule has 0 amide bonds. The first-order chi connectivity index (χ1) is 4.34. The van der Waals surface area contributed by atoms with Crippen LogP contribution >= 0.6 is 0 Å². The fourth-order valence-corrected chi connectivity index (χ4v) is 0.630. The third-order valence-electron chi connectivity index (χ3n) is 1.10. The molecule has 4 nitrogen and oxygen atoms in total. The van der Waals surface area contributed by atoms with E-state index in [1.165, 1.54) is 0 Å². The highest BCUT2D eigenvalue weighted by atomic mass is 15.6. The average molecular weight is 126 g/mol. The van der Waals surface area contributed by atoms with Crippen molar-refractivity contribution in [2.45, 2.75) is 13.2 Å². The number of rotatable bonds is 1. The van der Waals surface area contributed by atoms with Gasteiger partial charge in [-0.2, -0.15) is 5.01 Å². The van der Waals surface area contributed by atoms with Gasteiger partial charge in [-0.1, -0.05) is 0 Å². The summed E-state index contributed by atoms with van der Waals surface area (Å²) in [5, 5.41) is 1.82. The van der Waals surface area contributed by atoms with Crippen LogP contribution in [-0.4, -0.2) is 30.9 Å². The van der Waals surface area contributed by atoms with Gasteiger partial charge in [0.15, 0.2) is 0 Å². The van der Waals surface area contributed by atoms with Crippen molar-refractivity contribution in [1.29, 1.82) is 0 Å². The van der Waals surface area contributed by atoms with Gasteiger partial charge in [-0.25, -0.2) is 4.99 Å². The lowest BCUT2D eigenvalue weighted by Crippen LogP contribution is -2.33. The van der Waals surface area contributed by atoms with Crippen LogP contribution in [0, 0.1) is 0 Å². The summed E-state index contributed by atoms with van der Waals surface area (Å²) in [4.78, 5) is 8.04. The van der Waals surface area contributed by atoms with Crippen molar-refractivity contribution in [3.63, 3.8) is 0 Å². The molecule has 50 valence electrons. The van der Waals surface area contributed by atoms with E-state index in [1.807, 2.05) is 19.0 Å². The lowest BCUT2D eigenvalue weighted by atomic mass is 10.8. The smallest absolute Gasteiger partial charge is 0.213 e. The molecule has 0 bridgehead atoms. The molecule has 0 saturated heterocycles. The molecule has 1 rings (SSSR count). The summed E-state index contributed by atoms with van der Waals surface area (Å²) < 4.78 is 0. The second-order valence-electron chi connectivity index (χ2n) is 1.77. The summed E-state index contributed by atoms with van der Waals surface area (Å²) in [6, 6.07) is 0. The molecular formula is C5H10N4. The monoisotopic (exact) mass is 126 g/mol. The number of aliphatic imine (C=N–C) groups is 2. The van der Waals surface area contributed by atoms with Crippen LogP contribution in [0.1, 0.15) is 6.92 Å². The molecule has 0 fully saturated rings. The summed E-state index contributed by atoms with van der Waals surface area (Å²) in [6.45, 7) is 1.88. The number of hydrogen-bond acceptors (Lipinski definition) is 4. The maximum atomic E-state index is 4.05. The Balaban J connectivity index is 2.49. The minimum Gasteiger partial charge on any atom is -0.306 e. The van der Waals surface area contributed by atoms with Crippen LogP contribution in [0.2, 0.25) is 0 Å². The number of nitrogens with zero attached hydrogens (tertiary/aromatic N) is 3. The van der Waals surface area contributed by atoms with Crippen molar-refractivity contribution in [3.05, 3.63) is 0 Å². The van der Waals surface area contributed by atoms with Crippen molar-refractivity contribution in [3.8, 4) is 0 Å². The van der Waals surface area contributed by atoms with Gasteiger partial charge in [-0.3, -0.25) is 4.99 Å². The van der Waals surface area contributed by atoms with Crippen LogP contribution in [-0.2, 0) is 0 Å². The predicted octanol–water partition coefficient (Wildman–Crippen LogP) is -0.161. The summed E-state index contributed by atoms with van der Waals surface area (Å²) >= 11 is 0. The first-order valence-electron chi connectivity index (χ1n) is 2.83. The average Bonchev–Trinajstić information content (AvgIpc) is 2.18. The Labute approximate surface area is 54.3 Å². The summed E-state index contributed by atoms with van der Waals surface area (Å²) in [5.74, 6) is 0. The van der Waals surface area contributed by atoms with Crippen molar-refractivity contribution in [2.75, 3.05) is 7.05 Å². The van der Waals surface area contributed by atoms with Gasteiger partial charge in [0, 0.05) is 7.05 Å². The van der Waals surface area contributed by atoms with Crippen LogP contribution < -0.4 is 5.43 Å². The predicted molar refractivity (Wildman–Crippen MR) is 37.3 cm³/mol. The minimum absolute atomic E-state index is 0.0602. The van der Waals surface area contributed by atoms with Crippen molar-refractivity contribution >= 4 is 12.6 Å². The molecule has 0 saturated carbocycles. The first-order valence-corrected chi connectivity index (χ1v) is 2.83. The van der Waals surface area contributed by atoms with Crippen molar-refractivity contribution in [2.24, 2.45) is 9.98 Å². The highest BCUT2D eigenvalue weighted by molar-refractivity contribution is 5.57. The Bertz CT molecular complexity index is 140. The molecule has 0 aromatic carbocycles. The van der Waals surface area contributed by atoms with E-state index in [1.54, 1.807) is 12.6 Å². The van der Waals surface area contributed by atoms with Gasteiger partial charge >= 0.3 is 0 Å². The minimum atomic E-state index is -0.0602. The zero-order valence-electron chi connectivity index (χ0n) is 5.57. The maximum absolute atomic E-state index is 4.05. The van der Waals surface area contributed by atoms with Gasteiger partial charge in [0.1, 0.15) is 6.34 Å². The zero-order chi connectivity index (χ0) is 6.69. The van der Waals surface area contributed by atoms with Crippen LogP contribution in [0.15, 0.2) is 9.98 Å². The van der Waals surface area contributed by atoms with Crippen molar-refractivity contribution < 1.29 is 0 Å². The van der Waals surface area contributed by atoms with Gasteiger partial charge in [0.2, 0.25) is 6.29 Å². The zero-order valence-corrected chi connectivity index (χ0v) is 5.57. The molecule has 1 N–H and O–H groups in total.